The number of amides is 2. The number of nitrogens with zero attached hydrogens (tertiary/aromatic N) is 3. The zero-order valence-corrected chi connectivity index (χ0v) is 13.3. The summed E-state index contributed by atoms with van der Waals surface area (Å²) in [7, 11) is 0. The highest BCUT2D eigenvalue weighted by Gasteiger charge is 2.32. The third-order valence-corrected chi connectivity index (χ3v) is 4.79. The summed E-state index contributed by atoms with van der Waals surface area (Å²) in [6.45, 7) is 3.11. The molecule has 0 aromatic carbocycles. The van der Waals surface area contributed by atoms with E-state index in [1.54, 1.807) is 0 Å². The van der Waals surface area contributed by atoms with Crippen LogP contribution in [0, 0.1) is 6.92 Å². The van der Waals surface area contributed by atoms with Gasteiger partial charge in [-0.2, -0.15) is 5.10 Å². The lowest BCUT2D eigenvalue weighted by molar-refractivity contribution is 0.182. The lowest BCUT2D eigenvalue weighted by atomic mass is 10.1. The van der Waals surface area contributed by atoms with E-state index in [0.717, 1.165) is 49.4 Å². The van der Waals surface area contributed by atoms with Gasteiger partial charge < -0.3 is 14.7 Å². The lowest BCUT2D eigenvalue weighted by Gasteiger charge is -2.22. The Bertz CT molecular complexity index is 720. The molecule has 23 heavy (non-hydrogen) atoms. The normalized spacial score (nSPS) is 20.0. The molecule has 0 unspecified atom stereocenters. The maximum atomic E-state index is 12.5. The SMILES string of the molecule is Cc1cc([C@H]2CCCN2C(=O)NCc2n[nH]c3c2CCC3)on1. The summed E-state index contributed by atoms with van der Waals surface area (Å²) in [6, 6.07) is 1.84. The molecule has 2 aromatic rings. The first kappa shape index (κ1) is 14.3. The Morgan fingerprint density at radius 1 is 1.48 bits per heavy atom. The van der Waals surface area contributed by atoms with Crippen LogP contribution in [0.3, 0.4) is 0 Å². The third kappa shape index (κ3) is 2.60. The maximum Gasteiger partial charge on any atom is 0.318 e. The van der Waals surface area contributed by atoms with E-state index in [2.05, 4.69) is 20.7 Å². The summed E-state index contributed by atoms with van der Waals surface area (Å²) in [5.41, 5.74) is 4.33. The number of hydrogen-bond donors (Lipinski definition) is 2. The minimum Gasteiger partial charge on any atom is -0.359 e. The second-order valence-electron chi connectivity index (χ2n) is 6.36. The van der Waals surface area contributed by atoms with Crippen LogP contribution >= 0.6 is 0 Å². The smallest absolute Gasteiger partial charge is 0.318 e. The summed E-state index contributed by atoms with van der Waals surface area (Å²) in [6.07, 6.45) is 5.19. The molecule has 0 spiro atoms. The van der Waals surface area contributed by atoms with Gasteiger partial charge in [0.2, 0.25) is 0 Å². The monoisotopic (exact) mass is 315 g/mol. The zero-order chi connectivity index (χ0) is 15.8. The molecule has 2 amide bonds. The summed E-state index contributed by atoms with van der Waals surface area (Å²) in [5.74, 6) is 0.774. The standard InChI is InChI=1S/C16H21N5O2/c1-10-8-15(23-20-10)14-6-3-7-21(14)16(22)17-9-13-11-4-2-5-12(11)18-19-13/h8,14H,2-7,9H2,1H3,(H,17,22)(H,18,19)/t14-/m1/s1. The topological polar surface area (TPSA) is 87.0 Å². The number of likely N-dealkylation sites (tertiary alicyclic amines) is 1. The summed E-state index contributed by atoms with van der Waals surface area (Å²) < 4.78 is 5.35. The number of urea groups is 1. The van der Waals surface area contributed by atoms with Crippen molar-refractivity contribution in [3.8, 4) is 0 Å². The van der Waals surface area contributed by atoms with Crippen molar-refractivity contribution >= 4 is 6.03 Å². The van der Waals surface area contributed by atoms with Crippen LogP contribution in [0.1, 0.15) is 53.7 Å². The highest BCUT2D eigenvalue weighted by Crippen LogP contribution is 2.32. The van der Waals surface area contributed by atoms with E-state index in [9.17, 15) is 4.79 Å². The molecule has 1 saturated heterocycles. The number of fused-ring (bicyclic) bond motifs is 1. The fourth-order valence-corrected chi connectivity index (χ4v) is 3.64. The molecule has 0 bridgehead atoms. The van der Waals surface area contributed by atoms with E-state index >= 15 is 0 Å². The number of carbonyl (C=O) groups excluding carboxylic acids is 1. The Morgan fingerprint density at radius 2 is 2.39 bits per heavy atom. The molecule has 7 nitrogen and oxygen atoms in total. The number of aromatic nitrogens is 3. The molecule has 0 saturated carbocycles. The van der Waals surface area contributed by atoms with Gasteiger partial charge in [0.25, 0.3) is 0 Å². The van der Waals surface area contributed by atoms with Crippen LogP contribution in [0.4, 0.5) is 4.79 Å². The molecule has 1 fully saturated rings. The van der Waals surface area contributed by atoms with Crippen LogP contribution in [0.15, 0.2) is 10.6 Å². The van der Waals surface area contributed by atoms with Crippen LogP contribution in [0.25, 0.3) is 0 Å². The van der Waals surface area contributed by atoms with Gasteiger partial charge in [-0.3, -0.25) is 5.10 Å². The van der Waals surface area contributed by atoms with Gasteiger partial charge in [0.1, 0.15) is 0 Å². The van der Waals surface area contributed by atoms with Crippen LogP contribution in [0.2, 0.25) is 0 Å². The molecule has 1 atom stereocenters. The van der Waals surface area contributed by atoms with Crippen molar-refractivity contribution in [1.29, 1.82) is 0 Å². The Balaban J connectivity index is 1.42. The second-order valence-corrected chi connectivity index (χ2v) is 6.36. The van der Waals surface area contributed by atoms with Gasteiger partial charge in [-0.15, -0.1) is 0 Å². The number of rotatable bonds is 3. The van der Waals surface area contributed by atoms with Crippen LogP contribution in [-0.4, -0.2) is 32.8 Å². The third-order valence-electron chi connectivity index (χ3n) is 4.79. The first-order valence-electron chi connectivity index (χ1n) is 8.25. The lowest BCUT2D eigenvalue weighted by Crippen LogP contribution is -2.39. The molecule has 2 N–H and O–H groups in total. The summed E-state index contributed by atoms with van der Waals surface area (Å²) >= 11 is 0. The molecule has 4 rings (SSSR count). The second kappa shape index (κ2) is 5.72. The summed E-state index contributed by atoms with van der Waals surface area (Å²) in [5, 5.41) is 14.3. The minimum atomic E-state index is -0.0590. The van der Waals surface area contributed by atoms with Crippen LogP contribution in [-0.2, 0) is 19.4 Å². The first-order chi connectivity index (χ1) is 11.2. The van der Waals surface area contributed by atoms with Gasteiger partial charge in [0, 0.05) is 18.3 Å². The van der Waals surface area contributed by atoms with E-state index in [0.29, 0.717) is 6.54 Å². The zero-order valence-electron chi connectivity index (χ0n) is 13.3. The van der Waals surface area contributed by atoms with Gasteiger partial charge in [-0.05, 0) is 44.6 Å². The van der Waals surface area contributed by atoms with Crippen molar-refractivity contribution in [2.24, 2.45) is 0 Å². The van der Waals surface area contributed by atoms with Gasteiger partial charge >= 0.3 is 6.03 Å². The van der Waals surface area contributed by atoms with Gasteiger partial charge in [-0.25, -0.2) is 4.79 Å². The number of aromatic amines is 1. The van der Waals surface area contributed by atoms with Crippen molar-refractivity contribution in [2.75, 3.05) is 6.54 Å². The van der Waals surface area contributed by atoms with Gasteiger partial charge in [0.15, 0.2) is 5.76 Å². The largest absolute Gasteiger partial charge is 0.359 e. The van der Waals surface area contributed by atoms with Crippen molar-refractivity contribution in [1.82, 2.24) is 25.6 Å². The highest BCUT2D eigenvalue weighted by molar-refractivity contribution is 5.75. The molecule has 1 aliphatic heterocycles. The summed E-state index contributed by atoms with van der Waals surface area (Å²) in [4.78, 5) is 14.4. The number of carbonyl (C=O) groups is 1. The number of nitrogens with one attached hydrogen (secondary N) is 2. The first-order valence-corrected chi connectivity index (χ1v) is 8.25. The predicted octanol–water partition coefficient (Wildman–Crippen LogP) is 2.24. The van der Waals surface area contributed by atoms with E-state index in [1.807, 2.05) is 17.9 Å². The van der Waals surface area contributed by atoms with Crippen molar-refractivity contribution < 1.29 is 9.32 Å². The average Bonchev–Trinajstić information content (AvgIpc) is 3.29. The number of aryl methyl sites for hydroxylation is 2. The number of H-pyrrole nitrogens is 1. The highest BCUT2D eigenvalue weighted by atomic mass is 16.5. The Hall–Kier alpha value is -2.31. The Kier molecular flexibility index (Phi) is 3.55. The fourth-order valence-electron chi connectivity index (χ4n) is 3.64. The maximum absolute atomic E-state index is 12.5. The van der Waals surface area contributed by atoms with Crippen LogP contribution < -0.4 is 5.32 Å². The molecule has 2 aliphatic rings. The molecular weight excluding hydrogens is 294 g/mol. The van der Waals surface area contributed by atoms with Crippen molar-refractivity contribution in [3.63, 3.8) is 0 Å². The average molecular weight is 315 g/mol. The van der Waals surface area contributed by atoms with Gasteiger partial charge in [-0.1, -0.05) is 5.16 Å². The molecule has 3 heterocycles. The van der Waals surface area contributed by atoms with E-state index < -0.39 is 0 Å². The molecule has 7 heteroatoms. The van der Waals surface area contributed by atoms with E-state index in [1.165, 1.54) is 17.7 Å². The predicted molar refractivity (Wildman–Crippen MR) is 82.8 cm³/mol. The fraction of sp³-hybridized carbons (Fsp3) is 0.562. The number of hydrogen-bond acceptors (Lipinski definition) is 4. The van der Waals surface area contributed by atoms with Crippen molar-refractivity contribution in [3.05, 3.63) is 34.5 Å². The Morgan fingerprint density at radius 3 is 3.22 bits per heavy atom. The molecule has 2 aromatic heterocycles. The van der Waals surface area contributed by atoms with Crippen molar-refractivity contribution in [2.45, 2.75) is 51.6 Å². The van der Waals surface area contributed by atoms with Crippen LogP contribution in [0.5, 0.6) is 0 Å². The Labute approximate surface area is 134 Å². The van der Waals surface area contributed by atoms with E-state index in [-0.39, 0.29) is 12.1 Å². The molecular formula is C16H21N5O2. The quantitative estimate of drug-likeness (QED) is 0.909. The molecule has 122 valence electrons. The van der Waals surface area contributed by atoms with E-state index in [4.69, 9.17) is 4.52 Å². The minimum absolute atomic E-state index is 0.0129. The molecule has 0 radical (unpaired) electrons. The molecule has 1 aliphatic carbocycles. The van der Waals surface area contributed by atoms with Gasteiger partial charge in [0.05, 0.1) is 24.0 Å².